The van der Waals surface area contributed by atoms with Gasteiger partial charge in [-0.05, 0) is 50.0 Å². The van der Waals surface area contributed by atoms with Crippen molar-refractivity contribution in [1.29, 1.82) is 0 Å². The normalized spacial score (nSPS) is 16.8. The summed E-state index contributed by atoms with van der Waals surface area (Å²) >= 11 is 0. The number of amides is 1. The number of carbonyl (C=O) groups is 1. The molecule has 4 nitrogen and oxygen atoms in total. The largest absolute Gasteiger partial charge is 0.354 e. The molecule has 1 aromatic heterocycles. The van der Waals surface area contributed by atoms with E-state index < -0.39 is 0 Å². The number of hydrogen-bond donors (Lipinski definition) is 1. The van der Waals surface area contributed by atoms with E-state index in [9.17, 15) is 4.79 Å². The van der Waals surface area contributed by atoms with Gasteiger partial charge in [0.2, 0.25) is 5.91 Å². The number of nitrogens with one attached hydrogen (secondary N) is 1. The number of benzene rings is 1. The molecule has 1 amide bonds. The van der Waals surface area contributed by atoms with E-state index in [0.717, 1.165) is 19.5 Å². The average molecular weight is 354 g/mol. The van der Waals surface area contributed by atoms with E-state index in [1.165, 1.54) is 36.9 Å². The molecule has 4 heteroatoms. The first-order chi connectivity index (χ1) is 12.7. The highest BCUT2D eigenvalue weighted by Crippen LogP contribution is 2.23. The monoisotopic (exact) mass is 353 g/mol. The number of rotatable bonds is 7. The zero-order valence-corrected chi connectivity index (χ0v) is 15.9. The van der Waals surface area contributed by atoms with E-state index in [1.807, 2.05) is 19.3 Å². The molecule has 0 spiro atoms. The van der Waals surface area contributed by atoms with Crippen molar-refractivity contribution in [2.45, 2.75) is 44.6 Å². The van der Waals surface area contributed by atoms with Gasteiger partial charge in [-0.2, -0.15) is 0 Å². The van der Waals surface area contributed by atoms with Gasteiger partial charge in [-0.1, -0.05) is 43.2 Å². The Morgan fingerprint density at radius 2 is 1.77 bits per heavy atom. The van der Waals surface area contributed by atoms with Gasteiger partial charge in [0, 0.05) is 31.9 Å². The van der Waals surface area contributed by atoms with Crippen LogP contribution in [0.2, 0.25) is 0 Å². The van der Waals surface area contributed by atoms with Gasteiger partial charge in [0.1, 0.15) is 0 Å². The van der Waals surface area contributed by atoms with Crippen molar-refractivity contribution in [2.24, 2.45) is 7.05 Å². The summed E-state index contributed by atoms with van der Waals surface area (Å²) in [5.74, 6) is 0.141. The Balaban J connectivity index is 1.58. The Labute approximate surface area is 157 Å². The third-order valence-corrected chi connectivity index (χ3v) is 5.42. The van der Waals surface area contributed by atoms with Crippen LogP contribution >= 0.6 is 0 Å². The molecule has 0 aliphatic carbocycles. The first-order valence-electron chi connectivity index (χ1n) is 9.90. The molecule has 0 radical (unpaired) electrons. The molecule has 1 aromatic carbocycles. The molecular formula is C22H31N3O. The van der Waals surface area contributed by atoms with Crippen molar-refractivity contribution in [3.8, 4) is 0 Å². The van der Waals surface area contributed by atoms with Gasteiger partial charge in [0.25, 0.3) is 0 Å². The Kier molecular flexibility index (Phi) is 6.89. The molecule has 1 atom stereocenters. The summed E-state index contributed by atoms with van der Waals surface area (Å²) in [7, 11) is 2.03. The fourth-order valence-corrected chi connectivity index (χ4v) is 3.84. The lowest BCUT2D eigenvalue weighted by Crippen LogP contribution is -2.38. The summed E-state index contributed by atoms with van der Waals surface area (Å²) < 4.78 is 2.08. The van der Waals surface area contributed by atoms with E-state index in [-0.39, 0.29) is 11.9 Å². The molecule has 3 rings (SSSR count). The van der Waals surface area contributed by atoms with Crippen LogP contribution in [0.25, 0.3) is 0 Å². The highest BCUT2D eigenvalue weighted by atomic mass is 16.1. The number of hydrogen-bond acceptors (Lipinski definition) is 2. The lowest BCUT2D eigenvalue weighted by atomic mass is 10.0. The number of carbonyl (C=O) groups excluding carboxylic acids is 1. The average Bonchev–Trinajstić information content (AvgIpc) is 2.90. The van der Waals surface area contributed by atoms with E-state index in [4.69, 9.17) is 0 Å². The quantitative estimate of drug-likeness (QED) is 0.824. The topological polar surface area (TPSA) is 37.3 Å². The SMILES string of the molecule is Cn1cccc1CCC(=O)NC[C@@H](c1ccccc1)N1CCCCCC1. The molecule has 2 heterocycles. The van der Waals surface area contributed by atoms with Crippen molar-refractivity contribution in [2.75, 3.05) is 19.6 Å². The second-order valence-electron chi connectivity index (χ2n) is 7.29. The van der Waals surface area contributed by atoms with Crippen LogP contribution in [0.5, 0.6) is 0 Å². The van der Waals surface area contributed by atoms with Crippen LogP contribution in [0.1, 0.15) is 49.4 Å². The molecule has 26 heavy (non-hydrogen) atoms. The van der Waals surface area contributed by atoms with Crippen molar-refractivity contribution in [1.82, 2.24) is 14.8 Å². The highest BCUT2D eigenvalue weighted by Gasteiger charge is 2.22. The number of nitrogens with zero attached hydrogens (tertiary/aromatic N) is 2. The summed E-state index contributed by atoms with van der Waals surface area (Å²) in [6.07, 6.45) is 8.50. The zero-order chi connectivity index (χ0) is 18.2. The van der Waals surface area contributed by atoms with Gasteiger partial charge in [0.15, 0.2) is 0 Å². The molecule has 1 saturated heterocycles. The predicted octanol–water partition coefficient (Wildman–Crippen LogP) is 3.69. The van der Waals surface area contributed by atoms with Crippen LogP contribution in [0.4, 0.5) is 0 Å². The lowest BCUT2D eigenvalue weighted by Gasteiger charge is -2.31. The summed E-state index contributed by atoms with van der Waals surface area (Å²) in [5, 5.41) is 3.19. The smallest absolute Gasteiger partial charge is 0.220 e. The Bertz CT molecular complexity index is 672. The molecule has 1 N–H and O–H groups in total. The van der Waals surface area contributed by atoms with Crippen LogP contribution in [-0.2, 0) is 18.3 Å². The van der Waals surface area contributed by atoms with Crippen LogP contribution < -0.4 is 5.32 Å². The predicted molar refractivity (Wildman–Crippen MR) is 106 cm³/mol. The third-order valence-electron chi connectivity index (χ3n) is 5.42. The van der Waals surface area contributed by atoms with Gasteiger partial charge in [-0.15, -0.1) is 0 Å². The van der Waals surface area contributed by atoms with E-state index in [2.05, 4.69) is 51.2 Å². The lowest BCUT2D eigenvalue weighted by molar-refractivity contribution is -0.121. The van der Waals surface area contributed by atoms with E-state index >= 15 is 0 Å². The molecule has 0 bridgehead atoms. The highest BCUT2D eigenvalue weighted by molar-refractivity contribution is 5.76. The first-order valence-corrected chi connectivity index (χ1v) is 9.90. The van der Waals surface area contributed by atoms with Gasteiger partial charge in [-0.3, -0.25) is 9.69 Å². The van der Waals surface area contributed by atoms with Crippen molar-refractivity contribution in [3.63, 3.8) is 0 Å². The second-order valence-corrected chi connectivity index (χ2v) is 7.29. The molecule has 2 aromatic rings. The van der Waals surface area contributed by atoms with E-state index in [0.29, 0.717) is 13.0 Å². The second kappa shape index (κ2) is 9.58. The summed E-state index contributed by atoms with van der Waals surface area (Å²) in [5.41, 5.74) is 2.50. The van der Waals surface area contributed by atoms with Crippen molar-refractivity contribution >= 4 is 5.91 Å². The molecule has 0 unspecified atom stereocenters. The molecule has 140 valence electrons. The minimum atomic E-state index is 0.141. The minimum absolute atomic E-state index is 0.141. The van der Waals surface area contributed by atoms with Gasteiger partial charge in [0.05, 0.1) is 6.04 Å². The third kappa shape index (κ3) is 5.21. The maximum Gasteiger partial charge on any atom is 0.220 e. The van der Waals surface area contributed by atoms with Gasteiger partial charge in [-0.25, -0.2) is 0 Å². The van der Waals surface area contributed by atoms with Gasteiger partial charge >= 0.3 is 0 Å². The van der Waals surface area contributed by atoms with Crippen LogP contribution in [0.3, 0.4) is 0 Å². The Morgan fingerprint density at radius 3 is 2.42 bits per heavy atom. The molecular weight excluding hydrogens is 322 g/mol. The Morgan fingerprint density at radius 1 is 1.04 bits per heavy atom. The minimum Gasteiger partial charge on any atom is -0.354 e. The number of aryl methyl sites for hydroxylation is 2. The maximum atomic E-state index is 12.4. The zero-order valence-electron chi connectivity index (χ0n) is 15.9. The van der Waals surface area contributed by atoms with Crippen LogP contribution in [-0.4, -0.2) is 35.0 Å². The molecule has 0 saturated carbocycles. The summed E-state index contributed by atoms with van der Waals surface area (Å²) in [4.78, 5) is 15.0. The van der Waals surface area contributed by atoms with Crippen LogP contribution in [0, 0.1) is 0 Å². The van der Waals surface area contributed by atoms with Gasteiger partial charge < -0.3 is 9.88 Å². The molecule has 1 fully saturated rings. The maximum absolute atomic E-state index is 12.4. The van der Waals surface area contributed by atoms with Crippen LogP contribution in [0.15, 0.2) is 48.7 Å². The number of aromatic nitrogens is 1. The fraction of sp³-hybridized carbons (Fsp3) is 0.500. The Hall–Kier alpha value is -2.07. The standard InChI is InChI=1S/C22H31N3O/c1-24-15-9-12-20(24)13-14-22(26)23-18-21(19-10-5-4-6-11-19)25-16-7-2-3-8-17-25/h4-6,9-12,15,21H,2-3,7-8,13-14,16-18H2,1H3,(H,23,26)/t21-/m0/s1. The van der Waals surface area contributed by atoms with E-state index in [1.54, 1.807) is 0 Å². The first kappa shape index (κ1) is 18.7. The molecule has 1 aliphatic rings. The van der Waals surface area contributed by atoms with Crippen molar-refractivity contribution < 1.29 is 4.79 Å². The fourth-order valence-electron chi connectivity index (χ4n) is 3.84. The van der Waals surface area contributed by atoms with Crippen molar-refractivity contribution in [3.05, 3.63) is 59.9 Å². The number of likely N-dealkylation sites (tertiary alicyclic amines) is 1. The molecule has 1 aliphatic heterocycles. The summed E-state index contributed by atoms with van der Waals surface area (Å²) in [6.45, 7) is 2.94. The summed E-state index contributed by atoms with van der Waals surface area (Å²) in [6, 6.07) is 15.0.